The number of hydrogen-bond donors (Lipinski definition) is 4. The van der Waals surface area contributed by atoms with Gasteiger partial charge in [-0.05, 0) is 69.4 Å². The Morgan fingerprint density at radius 2 is 1.78 bits per heavy atom. The topological polar surface area (TPSA) is 148 Å². The van der Waals surface area contributed by atoms with Crippen LogP contribution in [-0.4, -0.2) is 68.8 Å². The van der Waals surface area contributed by atoms with Crippen LogP contribution in [0.1, 0.15) is 69.3 Å². The van der Waals surface area contributed by atoms with Crippen molar-refractivity contribution in [2.45, 2.75) is 79.6 Å². The van der Waals surface area contributed by atoms with E-state index in [0.717, 1.165) is 57.2 Å². The first-order chi connectivity index (χ1) is 26.5. The Balaban J connectivity index is 1.34. The van der Waals surface area contributed by atoms with E-state index in [9.17, 15) is 14.7 Å². The highest BCUT2D eigenvalue weighted by atomic mass is 16.3. The number of hydrogen-bond acceptors (Lipinski definition) is 10. The Kier molecular flexibility index (Phi) is 13.9. The second kappa shape index (κ2) is 18.9. The van der Waals surface area contributed by atoms with Crippen molar-refractivity contribution in [1.82, 2.24) is 19.9 Å². The average molecular weight is 744 g/mol. The van der Waals surface area contributed by atoms with E-state index < -0.39 is 12.3 Å². The monoisotopic (exact) mass is 743 g/mol. The minimum atomic E-state index is -0.948. The van der Waals surface area contributed by atoms with Gasteiger partial charge in [-0.25, -0.2) is 4.98 Å². The van der Waals surface area contributed by atoms with Crippen LogP contribution in [0, 0.1) is 19.8 Å². The lowest BCUT2D eigenvalue weighted by Crippen LogP contribution is -2.38. The molecule has 12 heteroatoms. The predicted molar refractivity (Wildman–Crippen MR) is 222 cm³/mol. The molecule has 0 saturated carbocycles. The second-order valence-corrected chi connectivity index (χ2v) is 14.1. The third-order valence-electron chi connectivity index (χ3n) is 9.21. The number of aliphatic hydroxyl groups is 1. The molecule has 2 amide bonds. The third kappa shape index (κ3) is 10.4. The summed E-state index contributed by atoms with van der Waals surface area (Å²) in [5.41, 5.74) is 8.24. The van der Waals surface area contributed by atoms with Gasteiger partial charge in [-0.1, -0.05) is 69.3 Å². The van der Waals surface area contributed by atoms with E-state index in [-0.39, 0.29) is 18.2 Å². The maximum Gasteiger partial charge on any atom is 0.251 e. The van der Waals surface area contributed by atoms with Crippen LogP contribution in [0.2, 0.25) is 0 Å². The first kappa shape index (κ1) is 40.3. The SMILES string of the molecule is C/C=C1/C(c2ccccc2)=N[C@@H](CC(C)C)C(=O)N(CCC)/C1=C/CC(O)Nc1ccc(C)c(NCc2cnc(Nc3ccc(C)nc3)nc2N(C)C=O)c1. The lowest BCUT2D eigenvalue weighted by Gasteiger charge is -2.27. The number of pyridine rings is 1. The van der Waals surface area contributed by atoms with Crippen molar-refractivity contribution in [3.63, 3.8) is 0 Å². The Bertz CT molecular complexity index is 2030. The molecule has 2 atom stereocenters. The number of nitrogens with one attached hydrogen (secondary N) is 3. The fourth-order valence-electron chi connectivity index (χ4n) is 6.41. The van der Waals surface area contributed by atoms with Gasteiger partial charge in [0.15, 0.2) is 0 Å². The van der Waals surface area contributed by atoms with Crippen LogP contribution in [0.4, 0.5) is 28.8 Å². The van der Waals surface area contributed by atoms with Crippen molar-refractivity contribution in [3.05, 3.63) is 119 Å². The van der Waals surface area contributed by atoms with Crippen molar-refractivity contribution >= 4 is 46.9 Å². The number of aryl methyl sites for hydroxylation is 2. The molecule has 2 aromatic heterocycles. The average Bonchev–Trinajstić information content (AvgIpc) is 3.28. The predicted octanol–water partition coefficient (Wildman–Crippen LogP) is 7.54. The third-order valence-corrected chi connectivity index (χ3v) is 9.21. The van der Waals surface area contributed by atoms with Gasteiger partial charge in [-0.15, -0.1) is 0 Å². The molecule has 0 radical (unpaired) electrons. The Labute approximate surface area is 324 Å². The normalized spacial score (nSPS) is 16.5. The zero-order chi connectivity index (χ0) is 39.5. The smallest absolute Gasteiger partial charge is 0.251 e. The molecule has 2 aromatic carbocycles. The molecule has 1 aliphatic heterocycles. The highest BCUT2D eigenvalue weighted by Gasteiger charge is 2.33. The molecular formula is C43H53N9O3. The zero-order valence-corrected chi connectivity index (χ0v) is 32.9. The van der Waals surface area contributed by atoms with Gasteiger partial charge in [-0.2, -0.15) is 4.98 Å². The fourth-order valence-corrected chi connectivity index (χ4v) is 6.41. The molecule has 5 rings (SSSR count). The van der Waals surface area contributed by atoms with E-state index >= 15 is 0 Å². The maximum atomic E-state index is 14.1. The minimum absolute atomic E-state index is 0.0221. The van der Waals surface area contributed by atoms with Gasteiger partial charge < -0.3 is 30.9 Å². The number of anilines is 5. The van der Waals surface area contributed by atoms with Gasteiger partial charge in [0.05, 0.1) is 17.6 Å². The number of aromatic nitrogens is 3. The zero-order valence-electron chi connectivity index (χ0n) is 32.9. The van der Waals surface area contributed by atoms with Gasteiger partial charge in [-0.3, -0.25) is 19.6 Å². The summed E-state index contributed by atoms with van der Waals surface area (Å²) in [4.78, 5) is 47.6. The molecule has 0 spiro atoms. The molecule has 55 heavy (non-hydrogen) atoms. The second-order valence-electron chi connectivity index (χ2n) is 14.1. The van der Waals surface area contributed by atoms with Crippen LogP contribution in [0.3, 0.4) is 0 Å². The summed E-state index contributed by atoms with van der Waals surface area (Å²) in [6.45, 7) is 13.0. The fraction of sp³-hybridized carbons (Fsp3) is 0.349. The van der Waals surface area contributed by atoms with E-state index in [4.69, 9.17) is 4.99 Å². The largest absolute Gasteiger partial charge is 0.380 e. The highest BCUT2D eigenvalue weighted by Crippen LogP contribution is 2.30. The highest BCUT2D eigenvalue weighted by molar-refractivity contribution is 6.17. The van der Waals surface area contributed by atoms with E-state index in [1.165, 1.54) is 4.90 Å². The minimum Gasteiger partial charge on any atom is -0.380 e. The van der Waals surface area contributed by atoms with Crippen LogP contribution in [-0.2, 0) is 16.1 Å². The molecule has 4 N–H and O–H groups in total. The number of amides is 2. The van der Waals surface area contributed by atoms with Crippen LogP contribution < -0.4 is 20.9 Å². The number of allylic oxidation sites excluding steroid dienone is 2. The molecule has 0 saturated heterocycles. The standard InChI is InChI=1S/C43H53N9O3/c1-8-21-52-38(35(9-2)40(31-13-11-10-12-14-31)49-37(42(52)55)22-28(3)4)19-20-39(54)47-33-17-15-29(5)36(23-33)45-24-32-25-46-43(50-41(32)51(7)27-53)48-34-18-16-30(6)44-26-34/h9-19,23,25-28,37,39,45,47,54H,8,20-22,24H2,1-7H3,(H,46,48,50)/b35-9+,38-19+/t37-,39?/m0/s1. The van der Waals surface area contributed by atoms with Crippen LogP contribution in [0.25, 0.3) is 0 Å². The Morgan fingerprint density at radius 1 is 1.02 bits per heavy atom. The molecule has 288 valence electrons. The number of rotatable bonds is 16. The molecule has 12 nitrogen and oxygen atoms in total. The van der Waals surface area contributed by atoms with Crippen LogP contribution >= 0.6 is 0 Å². The summed E-state index contributed by atoms with van der Waals surface area (Å²) in [6, 6.07) is 19.1. The number of benzene rings is 2. The van der Waals surface area contributed by atoms with E-state index in [2.05, 4.69) is 51.7 Å². The Hall–Kier alpha value is -5.88. The summed E-state index contributed by atoms with van der Waals surface area (Å²) in [6.07, 6.45) is 8.77. The number of carbonyl (C=O) groups excluding carboxylic acids is 2. The first-order valence-electron chi connectivity index (χ1n) is 18.9. The molecule has 1 unspecified atom stereocenters. The quantitative estimate of drug-likeness (QED) is 0.0675. The van der Waals surface area contributed by atoms with Gasteiger partial charge in [0.1, 0.15) is 18.1 Å². The lowest BCUT2D eigenvalue weighted by molar-refractivity contribution is -0.130. The number of aliphatic imine (C=N–C) groups is 1. The summed E-state index contributed by atoms with van der Waals surface area (Å²) in [5, 5.41) is 21.2. The van der Waals surface area contributed by atoms with Crippen molar-refractivity contribution in [3.8, 4) is 0 Å². The van der Waals surface area contributed by atoms with E-state index in [1.54, 1.807) is 19.4 Å². The molecule has 0 fully saturated rings. The van der Waals surface area contributed by atoms with Crippen molar-refractivity contribution in [2.75, 3.05) is 34.4 Å². The Morgan fingerprint density at radius 3 is 2.45 bits per heavy atom. The van der Waals surface area contributed by atoms with E-state index in [0.29, 0.717) is 43.4 Å². The van der Waals surface area contributed by atoms with Gasteiger partial charge in [0.2, 0.25) is 12.4 Å². The molecule has 0 bridgehead atoms. The number of carbonyl (C=O) groups is 2. The van der Waals surface area contributed by atoms with Crippen molar-refractivity contribution in [1.29, 1.82) is 0 Å². The maximum absolute atomic E-state index is 14.1. The van der Waals surface area contributed by atoms with Crippen LogP contribution in [0.5, 0.6) is 0 Å². The summed E-state index contributed by atoms with van der Waals surface area (Å²) in [7, 11) is 1.65. The number of aliphatic hydroxyl groups excluding tert-OH is 1. The summed E-state index contributed by atoms with van der Waals surface area (Å²) in [5.74, 6) is 1.07. The summed E-state index contributed by atoms with van der Waals surface area (Å²) >= 11 is 0. The van der Waals surface area contributed by atoms with Gasteiger partial charge in [0.25, 0.3) is 5.91 Å². The van der Waals surface area contributed by atoms with Gasteiger partial charge in [0, 0.05) is 72.2 Å². The van der Waals surface area contributed by atoms with Gasteiger partial charge >= 0.3 is 0 Å². The number of nitrogens with zero attached hydrogens (tertiary/aromatic N) is 6. The first-order valence-corrected chi connectivity index (χ1v) is 18.9. The molecule has 3 heterocycles. The van der Waals surface area contributed by atoms with Crippen molar-refractivity contribution in [2.24, 2.45) is 10.9 Å². The molecule has 1 aliphatic rings. The van der Waals surface area contributed by atoms with Crippen molar-refractivity contribution < 1.29 is 14.7 Å². The molecule has 4 aromatic rings. The lowest BCUT2D eigenvalue weighted by atomic mass is 9.98. The summed E-state index contributed by atoms with van der Waals surface area (Å²) < 4.78 is 0. The molecule has 0 aliphatic carbocycles. The van der Waals surface area contributed by atoms with E-state index in [1.807, 2.05) is 98.5 Å². The molecular weight excluding hydrogens is 691 g/mol. The van der Waals surface area contributed by atoms with Crippen LogP contribution in [0.15, 0.2) is 101 Å².